The molecule has 1 aromatic carbocycles. The van der Waals surface area contributed by atoms with Gasteiger partial charge in [-0.05, 0) is 12.1 Å². The lowest BCUT2D eigenvalue weighted by Crippen LogP contribution is -2.19. The van der Waals surface area contributed by atoms with Crippen LogP contribution in [0.5, 0.6) is 5.75 Å². The van der Waals surface area contributed by atoms with Gasteiger partial charge in [-0.2, -0.15) is 13.2 Å². The second-order valence-electron chi connectivity index (χ2n) is 2.68. The van der Waals surface area contributed by atoms with Crippen molar-refractivity contribution < 1.29 is 22.7 Å². The number of aldehydes is 1. The van der Waals surface area contributed by atoms with Crippen LogP contribution in [0.1, 0.15) is 10.4 Å². The second kappa shape index (κ2) is 4.53. The molecule has 0 amide bonds. The Kier molecular flexibility index (Phi) is 3.57. The fraction of sp³-hybridized carbons (Fsp3) is 0.222. The minimum Gasteiger partial charge on any atom is -0.482 e. The number of rotatable bonds is 3. The largest absolute Gasteiger partial charge is 0.482 e. The first-order chi connectivity index (χ1) is 6.94. The normalized spacial score (nSPS) is 11.2. The zero-order chi connectivity index (χ0) is 11.5. The van der Waals surface area contributed by atoms with Crippen LogP contribution >= 0.6 is 11.6 Å². The zero-order valence-electron chi connectivity index (χ0n) is 7.34. The van der Waals surface area contributed by atoms with Crippen LogP contribution in [-0.2, 0) is 0 Å². The maximum atomic E-state index is 11.9. The van der Waals surface area contributed by atoms with E-state index in [1.54, 1.807) is 0 Å². The molecule has 0 atom stereocenters. The van der Waals surface area contributed by atoms with Gasteiger partial charge < -0.3 is 4.74 Å². The SMILES string of the molecule is O=Cc1cccc(Cl)c1OCC(F)(F)F. The Morgan fingerprint density at radius 2 is 2.07 bits per heavy atom. The van der Waals surface area contributed by atoms with E-state index in [2.05, 4.69) is 4.74 Å². The van der Waals surface area contributed by atoms with Crippen molar-refractivity contribution in [1.82, 2.24) is 0 Å². The van der Waals surface area contributed by atoms with Crippen molar-refractivity contribution in [2.45, 2.75) is 6.18 Å². The van der Waals surface area contributed by atoms with E-state index in [0.717, 1.165) is 0 Å². The van der Waals surface area contributed by atoms with Gasteiger partial charge in [-0.1, -0.05) is 17.7 Å². The van der Waals surface area contributed by atoms with E-state index < -0.39 is 12.8 Å². The molecule has 1 rings (SSSR count). The minimum atomic E-state index is -4.46. The van der Waals surface area contributed by atoms with E-state index in [1.807, 2.05) is 0 Å². The van der Waals surface area contributed by atoms with Crippen molar-refractivity contribution in [3.8, 4) is 5.75 Å². The number of hydrogen-bond acceptors (Lipinski definition) is 2. The molecule has 0 saturated heterocycles. The van der Waals surface area contributed by atoms with Crippen LogP contribution in [0.15, 0.2) is 18.2 Å². The summed E-state index contributed by atoms with van der Waals surface area (Å²) < 4.78 is 40.0. The molecule has 0 heterocycles. The Morgan fingerprint density at radius 3 is 2.60 bits per heavy atom. The third-order valence-corrected chi connectivity index (χ3v) is 1.80. The lowest BCUT2D eigenvalue weighted by atomic mass is 10.2. The summed E-state index contributed by atoms with van der Waals surface area (Å²) in [5.41, 5.74) is -0.00764. The minimum absolute atomic E-state index is 0.00764. The molecule has 1 aromatic rings. The van der Waals surface area contributed by atoms with E-state index in [9.17, 15) is 18.0 Å². The van der Waals surface area contributed by atoms with Crippen LogP contribution in [0, 0.1) is 0 Å². The molecule has 0 spiro atoms. The average molecular weight is 239 g/mol. The standard InChI is InChI=1S/C9H6ClF3O2/c10-7-3-1-2-6(4-14)8(7)15-5-9(11,12)13/h1-4H,5H2. The monoisotopic (exact) mass is 238 g/mol. The summed E-state index contributed by atoms with van der Waals surface area (Å²) in [6.07, 6.45) is -4.07. The number of alkyl halides is 3. The summed E-state index contributed by atoms with van der Waals surface area (Å²) >= 11 is 5.59. The van der Waals surface area contributed by atoms with E-state index in [4.69, 9.17) is 11.6 Å². The van der Waals surface area contributed by atoms with Crippen LogP contribution in [-0.4, -0.2) is 19.1 Å². The van der Waals surface area contributed by atoms with Gasteiger partial charge in [0.05, 0.1) is 10.6 Å². The molecule has 6 heteroatoms. The number of hydrogen-bond donors (Lipinski definition) is 0. The topological polar surface area (TPSA) is 26.3 Å². The van der Waals surface area contributed by atoms with E-state index in [1.165, 1.54) is 18.2 Å². The molecule has 0 N–H and O–H groups in total. The van der Waals surface area contributed by atoms with Crippen LogP contribution < -0.4 is 4.74 Å². The van der Waals surface area contributed by atoms with Crippen LogP contribution in [0.3, 0.4) is 0 Å². The maximum absolute atomic E-state index is 11.9. The van der Waals surface area contributed by atoms with Gasteiger partial charge >= 0.3 is 6.18 Å². The summed E-state index contributed by atoms with van der Waals surface area (Å²) in [7, 11) is 0. The highest BCUT2D eigenvalue weighted by Crippen LogP contribution is 2.29. The van der Waals surface area contributed by atoms with Crippen molar-refractivity contribution in [2.75, 3.05) is 6.61 Å². The highest BCUT2D eigenvalue weighted by molar-refractivity contribution is 6.32. The van der Waals surface area contributed by atoms with Crippen LogP contribution in [0.25, 0.3) is 0 Å². The smallest absolute Gasteiger partial charge is 0.422 e. The summed E-state index contributed by atoms with van der Waals surface area (Å²) in [5, 5.41) is -0.0242. The van der Waals surface area contributed by atoms with Gasteiger partial charge in [-0.15, -0.1) is 0 Å². The van der Waals surface area contributed by atoms with E-state index >= 15 is 0 Å². The molecular formula is C9H6ClF3O2. The molecule has 82 valence electrons. The second-order valence-corrected chi connectivity index (χ2v) is 3.09. The van der Waals surface area contributed by atoms with Gasteiger partial charge in [0.25, 0.3) is 0 Å². The quantitative estimate of drug-likeness (QED) is 0.757. The van der Waals surface area contributed by atoms with Gasteiger partial charge in [0, 0.05) is 0 Å². The zero-order valence-corrected chi connectivity index (χ0v) is 8.10. The fourth-order valence-corrected chi connectivity index (χ4v) is 1.16. The lowest BCUT2D eigenvalue weighted by Gasteiger charge is -2.11. The highest BCUT2D eigenvalue weighted by Gasteiger charge is 2.29. The Balaban J connectivity index is 2.88. The number of carbonyl (C=O) groups is 1. The molecule has 0 radical (unpaired) electrons. The van der Waals surface area contributed by atoms with Gasteiger partial charge in [-0.25, -0.2) is 0 Å². The number of carbonyl (C=O) groups excluding carboxylic acids is 1. The van der Waals surface area contributed by atoms with Crippen molar-refractivity contribution in [2.24, 2.45) is 0 Å². The molecule has 0 fully saturated rings. The number of para-hydroxylation sites is 1. The van der Waals surface area contributed by atoms with Gasteiger partial charge in [-0.3, -0.25) is 4.79 Å². The Morgan fingerprint density at radius 1 is 1.40 bits per heavy atom. The number of ether oxygens (including phenoxy) is 1. The summed E-state index contributed by atoms with van der Waals surface area (Å²) in [6, 6.07) is 4.12. The molecule has 0 unspecified atom stereocenters. The summed E-state index contributed by atoms with van der Waals surface area (Å²) in [6.45, 7) is -1.47. The van der Waals surface area contributed by atoms with Gasteiger partial charge in [0.1, 0.15) is 5.75 Å². The van der Waals surface area contributed by atoms with E-state index in [0.29, 0.717) is 6.29 Å². The van der Waals surface area contributed by atoms with E-state index in [-0.39, 0.29) is 16.3 Å². The van der Waals surface area contributed by atoms with Crippen LogP contribution in [0.2, 0.25) is 5.02 Å². The Hall–Kier alpha value is -1.23. The summed E-state index contributed by atoms with van der Waals surface area (Å²) in [4.78, 5) is 10.5. The first-order valence-electron chi connectivity index (χ1n) is 3.87. The number of benzene rings is 1. The lowest BCUT2D eigenvalue weighted by molar-refractivity contribution is -0.153. The van der Waals surface area contributed by atoms with Crippen LogP contribution in [0.4, 0.5) is 13.2 Å². The third kappa shape index (κ3) is 3.43. The van der Waals surface area contributed by atoms with Crippen molar-refractivity contribution >= 4 is 17.9 Å². The first-order valence-corrected chi connectivity index (χ1v) is 4.25. The molecule has 0 aromatic heterocycles. The predicted molar refractivity (Wildman–Crippen MR) is 48.4 cm³/mol. The van der Waals surface area contributed by atoms with Gasteiger partial charge in [0.15, 0.2) is 12.9 Å². The Labute approximate surface area is 88.6 Å². The molecule has 15 heavy (non-hydrogen) atoms. The van der Waals surface area contributed by atoms with Crippen molar-refractivity contribution in [3.05, 3.63) is 28.8 Å². The molecule has 2 nitrogen and oxygen atoms in total. The molecule has 0 aliphatic heterocycles. The van der Waals surface area contributed by atoms with Crippen molar-refractivity contribution in [1.29, 1.82) is 0 Å². The molecule has 0 aliphatic rings. The first kappa shape index (κ1) is 11.8. The molecular weight excluding hydrogens is 233 g/mol. The fourth-order valence-electron chi connectivity index (χ4n) is 0.925. The van der Waals surface area contributed by atoms with Gasteiger partial charge in [0.2, 0.25) is 0 Å². The average Bonchev–Trinajstić information content (AvgIpc) is 2.14. The molecule has 0 aliphatic carbocycles. The number of halogens is 4. The predicted octanol–water partition coefficient (Wildman–Crippen LogP) is 3.09. The van der Waals surface area contributed by atoms with Crippen molar-refractivity contribution in [3.63, 3.8) is 0 Å². The Bertz CT molecular complexity index is 363. The highest BCUT2D eigenvalue weighted by atomic mass is 35.5. The maximum Gasteiger partial charge on any atom is 0.422 e. The summed E-state index contributed by atoms with van der Waals surface area (Å²) in [5.74, 6) is -0.244. The molecule has 0 bridgehead atoms. The molecule has 0 saturated carbocycles. The third-order valence-electron chi connectivity index (χ3n) is 1.50.